The summed E-state index contributed by atoms with van der Waals surface area (Å²) in [6.07, 6.45) is 1.10. The molecular weight excluding hydrogens is 188 g/mol. The smallest absolute Gasteiger partial charge is 0.195 e. The number of hydrogen-bond donors (Lipinski definition) is 1. The first kappa shape index (κ1) is 9.95. The second kappa shape index (κ2) is 3.72. The van der Waals surface area contributed by atoms with E-state index in [9.17, 15) is 9.00 Å². The van der Waals surface area contributed by atoms with E-state index in [1.165, 1.54) is 0 Å². The quantitative estimate of drug-likeness (QED) is 0.571. The van der Waals surface area contributed by atoms with Crippen LogP contribution in [0.1, 0.15) is 10.4 Å². The maximum absolute atomic E-state index is 11.3. The topological polar surface area (TPSA) is 54.4 Å². The highest BCUT2D eigenvalue weighted by atomic mass is 32.2. The standard InChI is InChI=1S/C9H10O3S/c1-13(11,12)7-9(10)8-5-3-2-4-6-8/h2-7H,1H3,(H,11,12). The zero-order valence-corrected chi connectivity index (χ0v) is 7.95. The summed E-state index contributed by atoms with van der Waals surface area (Å²) in [4.78, 5) is 11.3. The third-order valence-corrected chi connectivity index (χ3v) is 2.04. The molecule has 1 rings (SSSR count). The zero-order valence-electron chi connectivity index (χ0n) is 7.14. The van der Waals surface area contributed by atoms with Crippen LogP contribution < -0.4 is 0 Å². The molecule has 0 radical (unpaired) electrons. The van der Waals surface area contributed by atoms with Crippen LogP contribution in [0.5, 0.6) is 0 Å². The van der Waals surface area contributed by atoms with Gasteiger partial charge in [0, 0.05) is 11.8 Å². The van der Waals surface area contributed by atoms with Crippen LogP contribution in [0.15, 0.2) is 30.3 Å². The molecule has 0 fully saturated rings. The third kappa shape index (κ3) is 3.40. The molecule has 1 aromatic carbocycles. The number of rotatable bonds is 2. The van der Waals surface area contributed by atoms with Crippen LogP contribution in [0.25, 0.3) is 0 Å². The molecule has 1 aromatic rings. The fraction of sp³-hybridized carbons (Fsp3) is 0.111. The molecule has 13 heavy (non-hydrogen) atoms. The van der Waals surface area contributed by atoms with Crippen LogP contribution in [0.3, 0.4) is 0 Å². The van der Waals surface area contributed by atoms with Gasteiger partial charge in [-0.1, -0.05) is 30.3 Å². The minimum absolute atomic E-state index is 0.421. The second-order valence-corrected chi connectivity index (χ2v) is 4.67. The Balaban J connectivity index is 3.02. The average molecular weight is 198 g/mol. The number of hydrogen-bond acceptors (Lipinski definition) is 2. The Kier molecular flexibility index (Phi) is 2.85. The minimum Gasteiger partial charge on any atom is -0.313 e. The molecule has 0 aliphatic heterocycles. The van der Waals surface area contributed by atoms with Gasteiger partial charge in [-0.25, -0.2) is 4.21 Å². The van der Waals surface area contributed by atoms with E-state index in [2.05, 4.69) is 0 Å². The van der Waals surface area contributed by atoms with E-state index in [1.54, 1.807) is 30.3 Å². The van der Waals surface area contributed by atoms with E-state index in [0.29, 0.717) is 5.56 Å². The van der Waals surface area contributed by atoms with Crippen molar-refractivity contribution in [2.75, 3.05) is 6.26 Å². The lowest BCUT2D eigenvalue weighted by Gasteiger charge is -1.95. The van der Waals surface area contributed by atoms with Crippen molar-refractivity contribution in [1.82, 2.24) is 0 Å². The first-order chi connectivity index (χ1) is 5.99. The minimum atomic E-state index is -3.10. The average Bonchev–Trinajstić information content (AvgIpc) is 2.03. The van der Waals surface area contributed by atoms with Gasteiger partial charge in [0.15, 0.2) is 5.78 Å². The summed E-state index contributed by atoms with van der Waals surface area (Å²) in [6.45, 7) is 0. The van der Waals surface area contributed by atoms with Gasteiger partial charge in [0.1, 0.15) is 0 Å². The summed E-state index contributed by atoms with van der Waals surface area (Å²) in [5, 5.41) is 0.836. The first-order valence-electron chi connectivity index (χ1n) is 3.65. The summed E-state index contributed by atoms with van der Waals surface area (Å²) < 4.78 is 19.8. The van der Waals surface area contributed by atoms with Crippen LogP contribution in [-0.4, -0.2) is 26.2 Å². The Morgan fingerprint density at radius 1 is 1.38 bits per heavy atom. The van der Waals surface area contributed by atoms with Crippen LogP contribution in [-0.2, 0) is 9.80 Å². The van der Waals surface area contributed by atoms with Crippen LogP contribution in [0, 0.1) is 0 Å². The van der Waals surface area contributed by atoms with E-state index in [-0.39, 0.29) is 0 Å². The molecule has 0 aromatic heterocycles. The highest BCUT2D eigenvalue weighted by molar-refractivity contribution is 7.96. The van der Waals surface area contributed by atoms with Gasteiger partial charge in [-0.05, 0) is 0 Å². The molecule has 1 atom stereocenters. The summed E-state index contributed by atoms with van der Waals surface area (Å²) in [7, 11) is -3.10. The predicted molar refractivity (Wildman–Crippen MR) is 53.5 cm³/mol. The molecule has 0 aliphatic rings. The van der Waals surface area contributed by atoms with Crippen molar-refractivity contribution >= 4 is 21.0 Å². The largest absolute Gasteiger partial charge is 0.313 e. The van der Waals surface area contributed by atoms with Gasteiger partial charge in [0.2, 0.25) is 0 Å². The normalized spacial score (nSPS) is 14.6. The summed E-state index contributed by atoms with van der Waals surface area (Å²) >= 11 is 0. The molecule has 0 saturated carbocycles. The van der Waals surface area contributed by atoms with E-state index in [0.717, 1.165) is 11.6 Å². The van der Waals surface area contributed by atoms with Crippen LogP contribution in [0.2, 0.25) is 0 Å². The van der Waals surface area contributed by atoms with E-state index in [4.69, 9.17) is 4.55 Å². The molecule has 0 spiro atoms. The van der Waals surface area contributed by atoms with Gasteiger partial charge in [-0.2, -0.15) is 0 Å². The molecule has 1 N–H and O–H groups in total. The van der Waals surface area contributed by atoms with Crippen molar-refractivity contribution in [2.24, 2.45) is 0 Å². The first-order valence-corrected chi connectivity index (χ1v) is 5.63. The van der Waals surface area contributed by atoms with Gasteiger partial charge in [0.25, 0.3) is 0 Å². The third-order valence-electron chi connectivity index (χ3n) is 1.38. The van der Waals surface area contributed by atoms with Crippen LogP contribution in [0.4, 0.5) is 0 Å². The van der Waals surface area contributed by atoms with E-state index < -0.39 is 15.6 Å². The monoisotopic (exact) mass is 198 g/mol. The Labute approximate surface area is 77.2 Å². The van der Waals surface area contributed by atoms with Gasteiger partial charge >= 0.3 is 0 Å². The molecular formula is C9H10O3S. The predicted octanol–water partition coefficient (Wildman–Crippen LogP) is 1.06. The van der Waals surface area contributed by atoms with Crippen molar-refractivity contribution in [2.45, 2.75) is 0 Å². The highest BCUT2D eigenvalue weighted by Gasteiger charge is 2.03. The Morgan fingerprint density at radius 2 is 1.92 bits per heavy atom. The van der Waals surface area contributed by atoms with Crippen molar-refractivity contribution < 1.29 is 13.6 Å². The SMILES string of the molecule is CS(=O)(O)=CC(=O)c1ccccc1. The number of benzene rings is 1. The van der Waals surface area contributed by atoms with Gasteiger partial charge in [0.05, 0.1) is 15.2 Å². The maximum Gasteiger partial charge on any atom is 0.195 e. The lowest BCUT2D eigenvalue weighted by atomic mass is 10.2. The van der Waals surface area contributed by atoms with Crippen molar-refractivity contribution in [3.8, 4) is 0 Å². The number of carbonyl (C=O) groups is 1. The van der Waals surface area contributed by atoms with Crippen molar-refractivity contribution in [3.05, 3.63) is 35.9 Å². The van der Waals surface area contributed by atoms with Gasteiger partial charge in [-0.3, -0.25) is 4.79 Å². The summed E-state index contributed by atoms with van der Waals surface area (Å²) in [5.74, 6) is -0.421. The van der Waals surface area contributed by atoms with Crippen molar-refractivity contribution in [3.63, 3.8) is 0 Å². The fourth-order valence-electron chi connectivity index (χ4n) is 0.869. The number of carbonyl (C=O) groups excluding carboxylic acids is 1. The molecule has 0 bridgehead atoms. The van der Waals surface area contributed by atoms with E-state index >= 15 is 0 Å². The van der Waals surface area contributed by atoms with Gasteiger partial charge in [-0.15, -0.1) is 0 Å². The second-order valence-electron chi connectivity index (χ2n) is 2.71. The van der Waals surface area contributed by atoms with E-state index in [1.807, 2.05) is 0 Å². The Bertz CT molecular complexity index is 406. The molecule has 3 nitrogen and oxygen atoms in total. The molecule has 0 heterocycles. The zero-order chi connectivity index (χ0) is 9.90. The lowest BCUT2D eigenvalue weighted by molar-refractivity contribution is 0.107. The molecule has 0 saturated heterocycles. The van der Waals surface area contributed by atoms with Crippen molar-refractivity contribution in [1.29, 1.82) is 0 Å². The summed E-state index contributed by atoms with van der Waals surface area (Å²) in [5.41, 5.74) is 0.422. The highest BCUT2D eigenvalue weighted by Crippen LogP contribution is 1.98. The molecule has 4 heteroatoms. The molecule has 0 amide bonds. The molecule has 1 unspecified atom stereocenters. The maximum atomic E-state index is 11.3. The van der Waals surface area contributed by atoms with Crippen LogP contribution >= 0.6 is 0 Å². The lowest BCUT2D eigenvalue weighted by Crippen LogP contribution is -2.08. The summed E-state index contributed by atoms with van der Waals surface area (Å²) in [6, 6.07) is 8.39. The Hall–Kier alpha value is -1.13. The number of ketones is 1. The molecule has 0 aliphatic carbocycles. The number of Topliss-reactive ketones (excluding diaryl/α,β-unsaturated/α-hetero) is 1. The molecule has 70 valence electrons. The van der Waals surface area contributed by atoms with Gasteiger partial charge < -0.3 is 4.55 Å². The fourth-order valence-corrected chi connectivity index (χ4v) is 1.40. The Morgan fingerprint density at radius 3 is 2.38 bits per heavy atom.